The van der Waals surface area contributed by atoms with Gasteiger partial charge < -0.3 is 16.4 Å². The van der Waals surface area contributed by atoms with Crippen LogP contribution >= 0.6 is 11.6 Å². The Labute approximate surface area is 161 Å². The van der Waals surface area contributed by atoms with E-state index in [1.807, 2.05) is 43.3 Å². The minimum Gasteiger partial charge on any atom is -0.398 e. The fourth-order valence-electron chi connectivity index (χ4n) is 3.29. The number of rotatable bonds is 4. The van der Waals surface area contributed by atoms with Gasteiger partial charge in [-0.2, -0.15) is 0 Å². The molecule has 2 aromatic carbocycles. The Hall–Kier alpha value is -2.04. The third kappa shape index (κ3) is 4.37. The van der Waals surface area contributed by atoms with Gasteiger partial charge in [-0.05, 0) is 42.8 Å². The van der Waals surface area contributed by atoms with Crippen LogP contribution in [0.5, 0.6) is 0 Å². The van der Waals surface area contributed by atoms with E-state index in [-0.39, 0.29) is 17.9 Å². The fourth-order valence-corrected chi connectivity index (χ4v) is 3.59. The third-order valence-corrected chi connectivity index (χ3v) is 4.90. The number of fused-ring (bicyclic) bond motifs is 1. The topological polar surface area (TPSA) is 67.2 Å². The van der Waals surface area contributed by atoms with Crippen molar-refractivity contribution in [2.24, 2.45) is 0 Å². The van der Waals surface area contributed by atoms with E-state index in [0.29, 0.717) is 10.7 Å². The molecule has 0 aromatic heterocycles. The molecule has 1 aliphatic rings. The van der Waals surface area contributed by atoms with Crippen LogP contribution in [0.3, 0.4) is 0 Å². The van der Waals surface area contributed by atoms with Crippen molar-refractivity contribution in [2.75, 3.05) is 18.8 Å². The highest BCUT2D eigenvalue weighted by Crippen LogP contribution is 2.40. The maximum atomic E-state index is 12.4. The van der Waals surface area contributed by atoms with Crippen molar-refractivity contribution >= 4 is 23.2 Å². The first kappa shape index (κ1) is 20.3. The summed E-state index contributed by atoms with van der Waals surface area (Å²) in [7, 11) is 0. The molecule has 2 atom stereocenters. The van der Waals surface area contributed by atoms with Crippen LogP contribution in [0, 0.1) is 0 Å². The maximum absolute atomic E-state index is 12.4. The predicted octanol–water partition coefficient (Wildman–Crippen LogP) is 4.25. The maximum Gasteiger partial charge on any atom is 0.228 e. The van der Waals surface area contributed by atoms with E-state index in [1.54, 1.807) is 6.07 Å². The Bertz CT molecular complexity index is 726. The smallest absolute Gasteiger partial charge is 0.228 e. The molecule has 1 aliphatic heterocycles. The average Bonchev–Trinajstić information content (AvgIpc) is 2.63. The molecule has 1 heterocycles. The minimum absolute atomic E-state index is 0.0283. The van der Waals surface area contributed by atoms with Crippen LogP contribution in [0.1, 0.15) is 55.8 Å². The van der Waals surface area contributed by atoms with Crippen molar-refractivity contribution in [2.45, 2.75) is 39.2 Å². The zero-order valence-corrected chi connectivity index (χ0v) is 16.4. The Morgan fingerprint density at radius 3 is 2.23 bits per heavy atom. The molecule has 2 aromatic rings. The number of anilines is 1. The lowest BCUT2D eigenvalue weighted by molar-refractivity contribution is -0.123. The number of hydrogen-bond acceptors (Lipinski definition) is 3. The lowest BCUT2D eigenvalue weighted by atomic mass is 9.82. The summed E-state index contributed by atoms with van der Waals surface area (Å²) in [6.07, 6.45) is 0.771. The monoisotopic (exact) mass is 373 g/mol. The molecule has 1 amide bonds. The molecule has 4 nitrogen and oxygen atoms in total. The summed E-state index contributed by atoms with van der Waals surface area (Å²) in [5.41, 5.74) is 9.59. The molecule has 0 saturated heterocycles. The lowest BCUT2D eigenvalue weighted by Crippen LogP contribution is -2.39. The molecule has 3 rings (SSSR count). The van der Waals surface area contributed by atoms with Gasteiger partial charge in [-0.25, -0.2) is 0 Å². The first-order chi connectivity index (χ1) is 12.5. The summed E-state index contributed by atoms with van der Waals surface area (Å²) in [6, 6.07) is 13.1. The van der Waals surface area contributed by atoms with Crippen LogP contribution < -0.4 is 16.4 Å². The van der Waals surface area contributed by atoms with Gasteiger partial charge in [-0.3, -0.25) is 4.79 Å². The molecule has 140 valence electrons. The van der Waals surface area contributed by atoms with E-state index in [4.69, 9.17) is 17.3 Å². The molecule has 0 radical (unpaired) electrons. The molecule has 26 heavy (non-hydrogen) atoms. The van der Waals surface area contributed by atoms with E-state index in [2.05, 4.69) is 24.5 Å². The molecule has 2 unspecified atom stereocenters. The molecule has 0 spiro atoms. The second-order valence-electron chi connectivity index (χ2n) is 6.23. The highest BCUT2D eigenvalue weighted by Gasteiger charge is 2.34. The highest BCUT2D eigenvalue weighted by molar-refractivity contribution is 6.31. The quantitative estimate of drug-likeness (QED) is 0.702. The number of nitrogen functional groups attached to an aromatic ring is 1. The second-order valence-corrected chi connectivity index (χ2v) is 6.64. The van der Waals surface area contributed by atoms with E-state index < -0.39 is 0 Å². The molecular formula is C21H28ClN3O. The van der Waals surface area contributed by atoms with Crippen LogP contribution in [-0.2, 0) is 4.79 Å². The first-order valence-corrected chi connectivity index (χ1v) is 9.56. The molecule has 0 saturated carbocycles. The number of halogens is 1. The Morgan fingerprint density at radius 2 is 1.69 bits per heavy atom. The van der Waals surface area contributed by atoms with Gasteiger partial charge in [-0.1, -0.05) is 62.7 Å². The van der Waals surface area contributed by atoms with Crippen LogP contribution in [0.25, 0.3) is 0 Å². The third-order valence-electron chi connectivity index (χ3n) is 4.57. The number of carbonyl (C=O) groups is 1. The molecule has 4 N–H and O–H groups in total. The highest BCUT2D eigenvalue weighted by atomic mass is 35.5. The normalized spacial score (nSPS) is 18.4. The summed E-state index contributed by atoms with van der Waals surface area (Å²) in [4.78, 5) is 12.4. The fraction of sp³-hybridized carbons (Fsp3) is 0.381. The number of carbonyl (C=O) groups excluding carboxylic acids is 1. The summed E-state index contributed by atoms with van der Waals surface area (Å²) in [5.74, 6) is -0.0818. The van der Waals surface area contributed by atoms with Crippen molar-refractivity contribution in [1.29, 1.82) is 0 Å². The minimum atomic E-state index is -0.287. The van der Waals surface area contributed by atoms with E-state index in [9.17, 15) is 4.79 Å². The predicted molar refractivity (Wildman–Crippen MR) is 110 cm³/mol. The number of nitrogens with two attached hydrogens (primary N) is 1. The molecular weight excluding hydrogens is 346 g/mol. The molecule has 0 aliphatic carbocycles. The van der Waals surface area contributed by atoms with E-state index in [0.717, 1.165) is 36.2 Å². The molecule has 0 fully saturated rings. The number of nitrogens with one attached hydrogen (secondary N) is 2. The standard InChI is InChI=1S/C17H17ClN2O.C4H11N/c1-2-10-11-6-3-4-7-12(11)16(20-17(10)21)15-13(18)8-5-9-14(15)19;1-3-5-4-2/h3-10,16H,2,19H2,1H3,(H,20,21);5H,3-4H2,1-2H3. The Morgan fingerprint density at radius 1 is 1.04 bits per heavy atom. The van der Waals surface area contributed by atoms with Crippen molar-refractivity contribution < 1.29 is 4.79 Å². The van der Waals surface area contributed by atoms with Crippen molar-refractivity contribution in [1.82, 2.24) is 10.6 Å². The van der Waals surface area contributed by atoms with Gasteiger partial charge in [0.05, 0.1) is 12.0 Å². The van der Waals surface area contributed by atoms with Gasteiger partial charge in [0.25, 0.3) is 0 Å². The van der Waals surface area contributed by atoms with Crippen molar-refractivity contribution in [3.8, 4) is 0 Å². The Kier molecular flexibility index (Phi) is 7.49. The number of benzene rings is 2. The van der Waals surface area contributed by atoms with Crippen LogP contribution in [0.2, 0.25) is 5.02 Å². The largest absolute Gasteiger partial charge is 0.398 e. The lowest BCUT2D eigenvalue weighted by Gasteiger charge is -2.32. The zero-order valence-electron chi connectivity index (χ0n) is 15.7. The second kappa shape index (κ2) is 9.60. The number of amides is 1. The average molecular weight is 374 g/mol. The Balaban J connectivity index is 0.000000431. The van der Waals surface area contributed by atoms with Gasteiger partial charge in [-0.15, -0.1) is 0 Å². The van der Waals surface area contributed by atoms with Crippen LogP contribution in [0.4, 0.5) is 5.69 Å². The van der Waals surface area contributed by atoms with Gasteiger partial charge >= 0.3 is 0 Å². The van der Waals surface area contributed by atoms with Crippen LogP contribution in [0.15, 0.2) is 42.5 Å². The van der Waals surface area contributed by atoms with Crippen molar-refractivity contribution in [3.63, 3.8) is 0 Å². The van der Waals surface area contributed by atoms with Gasteiger partial charge in [0, 0.05) is 16.3 Å². The van der Waals surface area contributed by atoms with Gasteiger partial charge in [0.15, 0.2) is 0 Å². The molecule has 5 heteroatoms. The van der Waals surface area contributed by atoms with Gasteiger partial charge in [0.1, 0.15) is 0 Å². The molecule has 0 bridgehead atoms. The first-order valence-electron chi connectivity index (χ1n) is 9.18. The summed E-state index contributed by atoms with van der Waals surface area (Å²) in [5, 5.41) is 6.75. The van der Waals surface area contributed by atoms with E-state index in [1.165, 1.54) is 0 Å². The van der Waals surface area contributed by atoms with Crippen LogP contribution in [-0.4, -0.2) is 19.0 Å². The van der Waals surface area contributed by atoms with Gasteiger partial charge in [0.2, 0.25) is 5.91 Å². The summed E-state index contributed by atoms with van der Waals surface area (Å²) < 4.78 is 0. The SMILES string of the molecule is CCC1C(=O)NC(c2c(N)cccc2Cl)c2ccccc21.CCNCC. The summed E-state index contributed by atoms with van der Waals surface area (Å²) >= 11 is 6.32. The van der Waals surface area contributed by atoms with Crippen molar-refractivity contribution in [3.05, 3.63) is 64.2 Å². The zero-order chi connectivity index (χ0) is 19.1. The number of hydrogen-bond donors (Lipinski definition) is 3. The van der Waals surface area contributed by atoms with E-state index >= 15 is 0 Å². The summed E-state index contributed by atoms with van der Waals surface area (Å²) in [6.45, 7) is 8.41.